The Kier molecular flexibility index (Phi) is 6.04. The van der Waals surface area contributed by atoms with Gasteiger partial charge in [0.05, 0.1) is 13.0 Å². The van der Waals surface area contributed by atoms with E-state index in [1.807, 2.05) is 29.2 Å². The second-order valence-corrected chi connectivity index (χ2v) is 8.19. The Bertz CT molecular complexity index is 904. The number of benzene rings is 2. The van der Waals surface area contributed by atoms with Gasteiger partial charge in [0, 0.05) is 51.4 Å². The topological polar surface area (TPSA) is 53.1 Å². The summed E-state index contributed by atoms with van der Waals surface area (Å²) < 4.78 is 5.18. The van der Waals surface area contributed by atoms with E-state index in [0.29, 0.717) is 6.54 Å². The molecule has 2 fully saturated rings. The second kappa shape index (κ2) is 8.88. The van der Waals surface area contributed by atoms with E-state index in [4.69, 9.17) is 4.74 Å². The van der Waals surface area contributed by atoms with Crippen LogP contribution >= 0.6 is 0 Å². The van der Waals surface area contributed by atoms with Crippen molar-refractivity contribution in [2.24, 2.45) is 5.92 Å². The van der Waals surface area contributed by atoms with Gasteiger partial charge in [-0.05, 0) is 36.8 Å². The van der Waals surface area contributed by atoms with E-state index >= 15 is 0 Å². The molecule has 6 nitrogen and oxygen atoms in total. The van der Waals surface area contributed by atoms with E-state index in [1.165, 1.54) is 11.1 Å². The monoisotopic (exact) mass is 407 g/mol. The molecule has 0 saturated carbocycles. The summed E-state index contributed by atoms with van der Waals surface area (Å²) in [5.74, 6) is 0.607. The van der Waals surface area contributed by atoms with Gasteiger partial charge in [0.2, 0.25) is 11.8 Å². The fourth-order valence-electron chi connectivity index (χ4n) is 4.34. The molecule has 1 atom stereocenters. The highest BCUT2D eigenvalue weighted by Gasteiger charge is 2.37. The number of nitrogens with zero attached hydrogens (tertiary/aromatic N) is 3. The summed E-state index contributed by atoms with van der Waals surface area (Å²) in [6.45, 7) is 6.64. The number of aryl methyl sites for hydroxylation is 1. The van der Waals surface area contributed by atoms with Crippen molar-refractivity contribution in [3.8, 4) is 5.75 Å². The summed E-state index contributed by atoms with van der Waals surface area (Å²) in [6, 6.07) is 16.0. The Morgan fingerprint density at radius 2 is 1.80 bits per heavy atom. The summed E-state index contributed by atoms with van der Waals surface area (Å²) in [5.41, 5.74) is 3.40. The second-order valence-electron chi connectivity index (χ2n) is 8.19. The highest BCUT2D eigenvalue weighted by Crippen LogP contribution is 2.28. The van der Waals surface area contributed by atoms with Crippen molar-refractivity contribution in [3.63, 3.8) is 0 Å². The Balaban J connectivity index is 1.31. The average molecular weight is 408 g/mol. The SMILES string of the molecule is COc1ccc(N2CC(C(=O)N3CCN(Cc4cccc(C)c4)CC3)CC2=O)cc1. The summed E-state index contributed by atoms with van der Waals surface area (Å²) in [7, 11) is 1.62. The van der Waals surface area contributed by atoms with Crippen LogP contribution in [0.25, 0.3) is 0 Å². The van der Waals surface area contributed by atoms with Gasteiger partial charge >= 0.3 is 0 Å². The van der Waals surface area contributed by atoms with Crippen LogP contribution in [0.5, 0.6) is 5.75 Å². The number of carbonyl (C=O) groups excluding carboxylic acids is 2. The van der Waals surface area contributed by atoms with Crippen molar-refractivity contribution < 1.29 is 14.3 Å². The molecular weight excluding hydrogens is 378 g/mol. The zero-order valence-electron chi connectivity index (χ0n) is 17.7. The normalized spacial score (nSPS) is 19.9. The van der Waals surface area contributed by atoms with Crippen molar-refractivity contribution in [1.29, 1.82) is 0 Å². The average Bonchev–Trinajstić information content (AvgIpc) is 3.15. The first kappa shape index (κ1) is 20.4. The molecule has 158 valence electrons. The lowest BCUT2D eigenvalue weighted by Gasteiger charge is -2.36. The third-order valence-corrected chi connectivity index (χ3v) is 6.03. The van der Waals surface area contributed by atoms with Gasteiger partial charge in [0.15, 0.2) is 0 Å². The summed E-state index contributed by atoms with van der Waals surface area (Å²) >= 11 is 0. The minimum absolute atomic E-state index is 0.0107. The van der Waals surface area contributed by atoms with Gasteiger partial charge in [0.25, 0.3) is 0 Å². The lowest BCUT2D eigenvalue weighted by atomic mass is 10.1. The van der Waals surface area contributed by atoms with Crippen LogP contribution in [-0.2, 0) is 16.1 Å². The van der Waals surface area contributed by atoms with Crippen LogP contribution < -0.4 is 9.64 Å². The number of amides is 2. The first-order valence-corrected chi connectivity index (χ1v) is 10.5. The van der Waals surface area contributed by atoms with Gasteiger partial charge in [-0.2, -0.15) is 0 Å². The van der Waals surface area contributed by atoms with Crippen LogP contribution in [0.2, 0.25) is 0 Å². The van der Waals surface area contributed by atoms with Crippen molar-refractivity contribution in [1.82, 2.24) is 9.80 Å². The number of rotatable bonds is 5. The van der Waals surface area contributed by atoms with Crippen molar-refractivity contribution in [2.75, 3.05) is 44.7 Å². The maximum Gasteiger partial charge on any atom is 0.228 e. The van der Waals surface area contributed by atoms with Crippen molar-refractivity contribution >= 4 is 17.5 Å². The summed E-state index contributed by atoms with van der Waals surface area (Å²) in [5, 5.41) is 0. The van der Waals surface area contributed by atoms with Crippen molar-refractivity contribution in [2.45, 2.75) is 19.9 Å². The fourth-order valence-corrected chi connectivity index (χ4v) is 4.34. The Hall–Kier alpha value is -2.86. The van der Waals surface area contributed by atoms with Crippen molar-refractivity contribution in [3.05, 3.63) is 59.7 Å². The molecule has 0 aliphatic carbocycles. The number of piperazine rings is 1. The van der Waals surface area contributed by atoms with E-state index in [0.717, 1.165) is 44.2 Å². The van der Waals surface area contributed by atoms with E-state index in [1.54, 1.807) is 12.0 Å². The molecule has 1 unspecified atom stereocenters. The minimum atomic E-state index is -0.261. The number of hydrogen-bond acceptors (Lipinski definition) is 4. The quantitative estimate of drug-likeness (QED) is 0.765. The van der Waals surface area contributed by atoms with Crippen LogP contribution in [-0.4, -0.2) is 61.4 Å². The lowest BCUT2D eigenvalue weighted by Crippen LogP contribution is -2.50. The third kappa shape index (κ3) is 4.49. The van der Waals surface area contributed by atoms with Gasteiger partial charge in [0.1, 0.15) is 5.75 Å². The fraction of sp³-hybridized carbons (Fsp3) is 0.417. The van der Waals surface area contributed by atoms with E-state index in [-0.39, 0.29) is 24.2 Å². The highest BCUT2D eigenvalue weighted by atomic mass is 16.5. The number of anilines is 1. The summed E-state index contributed by atoms with van der Waals surface area (Å²) in [4.78, 5) is 31.6. The van der Waals surface area contributed by atoms with E-state index < -0.39 is 0 Å². The molecule has 0 aromatic heterocycles. The molecule has 2 heterocycles. The largest absolute Gasteiger partial charge is 0.497 e. The molecule has 2 amide bonds. The number of hydrogen-bond donors (Lipinski definition) is 0. The molecule has 2 aromatic rings. The molecule has 2 saturated heterocycles. The molecule has 2 aliphatic rings. The van der Waals surface area contributed by atoms with Gasteiger partial charge in [-0.1, -0.05) is 29.8 Å². The summed E-state index contributed by atoms with van der Waals surface area (Å²) in [6.07, 6.45) is 0.286. The van der Waals surface area contributed by atoms with Gasteiger partial charge in [-0.15, -0.1) is 0 Å². The molecule has 0 spiro atoms. The van der Waals surface area contributed by atoms with Crippen LogP contribution in [0.15, 0.2) is 48.5 Å². The zero-order valence-corrected chi connectivity index (χ0v) is 17.7. The molecule has 0 bridgehead atoms. The highest BCUT2D eigenvalue weighted by molar-refractivity contribution is 6.00. The Morgan fingerprint density at radius 3 is 2.47 bits per heavy atom. The Labute approximate surface area is 178 Å². The molecule has 6 heteroatoms. The molecule has 30 heavy (non-hydrogen) atoms. The molecule has 2 aliphatic heterocycles. The van der Waals surface area contributed by atoms with Crippen LogP contribution in [0, 0.1) is 12.8 Å². The molecule has 0 radical (unpaired) electrons. The standard InChI is InChI=1S/C24H29N3O3/c1-18-4-3-5-19(14-18)16-25-10-12-26(13-11-25)24(29)20-15-23(28)27(17-20)21-6-8-22(30-2)9-7-21/h3-9,14,20H,10-13,15-17H2,1-2H3. The van der Waals surface area contributed by atoms with Gasteiger partial charge in [-0.25, -0.2) is 0 Å². The predicted octanol–water partition coefficient (Wildman–Crippen LogP) is 2.70. The molecule has 4 rings (SSSR count). The first-order chi connectivity index (χ1) is 14.5. The van der Waals surface area contributed by atoms with Gasteiger partial charge < -0.3 is 14.5 Å². The third-order valence-electron chi connectivity index (χ3n) is 6.03. The maximum absolute atomic E-state index is 13.0. The Morgan fingerprint density at radius 1 is 1.07 bits per heavy atom. The zero-order chi connectivity index (χ0) is 21.1. The maximum atomic E-state index is 13.0. The van der Waals surface area contributed by atoms with E-state index in [9.17, 15) is 9.59 Å². The van der Waals surface area contributed by atoms with Crippen LogP contribution in [0.1, 0.15) is 17.5 Å². The smallest absolute Gasteiger partial charge is 0.228 e. The molecular formula is C24H29N3O3. The predicted molar refractivity (Wildman–Crippen MR) is 116 cm³/mol. The van der Waals surface area contributed by atoms with E-state index in [2.05, 4.69) is 36.1 Å². The number of methoxy groups -OCH3 is 1. The molecule has 0 N–H and O–H groups in total. The minimum Gasteiger partial charge on any atom is -0.497 e. The lowest BCUT2D eigenvalue weighted by molar-refractivity contribution is -0.137. The number of ether oxygens (including phenoxy) is 1. The first-order valence-electron chi connectivity index (χ1n) is 10.5. The van der Waals surface area contributed by atoms with Crippen LogP contribution in [0.3, 0.4) is 0 Å². The van der Waals surface area contributed by atoms with Crippen LogP contribution in [0.4, 0.5) is 5.69 Å². The number of carbonyl (C=O) groups is 2. The van der Waals surface area contributed by atoms with Gasteiger partial charge in [-0.3, -0.25) is 14.5 Å². The molecule has 2 aromatic carbocycles.